The van der Waals surface area contributed by atoms with Gasteiger partial charge in [-0.1, -0.05) is 12.1 Å². The number of amides is 1. The number of aromatic nitrogens is 2. The van der Waals surface area contributed by atoms with E-state index in [0.29, 0.717) is 23.6 Å². The van der Waals surface area contributed by atoms with Crippen LogP contribution in [0.3, 0.4) is 0 Å². The zero-order chi connectivity index (χ0) is 14.9. The van der Waals surface area contributed by atoms with Gasteiger partial charge in [0, 0.05) is 19.3 Å². The summed E-state index contributed by atoms with van der Waals surface area (Å²) in [6.45, 7) is 6.36. The molecule has 0 saturated heterocycles. The van der Waals surface area contributed by atoms with Gasteiger partial charge in [0.2, 0.25) is 0 Å². The average Bonchev–Trinajstić information content (AvgIpc) is 2.72. The number of carbonyl (C=O) groups excluding carboxylic acids is 1. The van der Waals surface area contributed by atoms with Gasteiger partial charge in [0.15, 0.2) is 0 Å². The number of nitrogens with zero attached hydrogens (tertiary/aromatic N) is 3. The van der Waals surface area contributed by atoms with E-state index in [4.69, 9.17) is 5.73 Å². The third-order valence-electron chi connectivity index (χ3n) is 3.37. The number of benzene rings is 1. The van der Waals surface area contributed by atoms with Crippen molar-refractivity contribution in [2.75, 3.05) is 17.7 Å². The fourth-order valence-corrected chi connectivity index (χ4v) is 2.16. The first-order valence-corrected chi connectivity index (χ1v) is 6.63. The molecule has 0 unspecified atom stereocenters. The van der Waals surface area contributed by atoms with E-state index in [1.807, 2.05) is 45.0 Å². The Morgan fingerprint density at radius 1 is 1.40 bits per heavy atom. The lowest BCUT2D eigenvalue weighted by Crippen LogP contribution is -2.29. The molecule has 2 rings (SSSR count). The highest BCUT2D eigenvalue weighted by Gasteiger charge is 2.23. The molecule has 1 heterocycles. The van der Waals surface area contributed by atoms with Crippen molar-refractivity contribution >= 4 is 17.3 Å². The number of nitrogen functional groups attached to an aromatic ring is 1. The monoisotopic (exact) mass is 272 g/mol. The molecule has 0 radical (unpaired) electrons. The predicted octanol–water partition coefficient (Wildman–Crippen LogP) is 2.38. The van der Waals surface area contributed by atoms with E-state index in [9.17, 15) is 4.79 Å². The standard InChI is InChI=1S/C15H20N4O/c1-5-19-14(13(16)11(3)17-19)15(20)18(4)12-8-6-7-10(2)9-12/h6-9H,5,16H2,1-4H3. The minimum absolute atomic E-state index is 0.143. The van der Waals surface area contributed by atoms with Crippen LogP contribution in [0.4, 0.5) is 11.4 Å². The van der Waals surface area contributed by atoms with Crippen LogP contribution in [0.5, 0.6) is 0 Å². The lowest BCUT2D eigenvalue weighted by molar-refractivity contribution is 0.0983. The molecular weight excluding hydrogens is 252 g/mol. The number of anilines is 2. The Labute approximate surface area is 119 Å². The average molecular weight is 272 g/mol. The molecule has 0 aliphatic heterocycles. The maximum Gasteiger partial charge on any atom is 0.278 e. The predicted molar refractivity (Wildman–Crippen MR) is 81.0 cm³/mol. The van der Waals surface area contributed by atoms with Gasteiger partial charge in [-0.25, -0.2) is 0 Å². The van der Waals surface area contributed by atoms with E-state index in [-0.39, 0.29) is 5.91 Å². The quantitative estimate of drug-likeness (QED) is 0.933. The molecule has 20 heavy (non-hydrogen) atoms. The maximum atomic E-state index is 12.7. The summed E-state index contributed by atoms with van der Waals surface area (Å²) in [7, 11) is 1.75. The van der Waals surface area contributed by atoms with E-state index in [2.05, 4.69) is 5.10 Å². The second-order valence-corrected chi connectivity index (χ2v) is 4.87. The Morgan fingerprint density at radius 2 is 2.10 bits per heavy atom. The number of hydrogen-bond acceptors (Lipinski definition) is 3. The third-order valence-corrected chi connectivity index (χ3v) is 3.37. The van der Waals surface area contributed by atoms with E-state index >= 15 is 0 Å². The zero-order valence-electron chi connectivity index (χ0n) is 12.3. The number of rotatable bonds is 3. The van der Waals surface area contributed by atoms with Gasteiger partial charge in [-0.05, 0) is 38.5 Å². The molecule has 5 nitrogen and oxygen atoms in total. The van der Waals surface area contributed by atoms with Crippen LogP contribution >= 0.6 is 0 Å². The normalized spacial score (nSPS) is 10.6. The highest BCUT2D eigenvalue weighted by Crippen LogP contribution is 2.22. The van der Waals surface area contributed by atoms with Crippen LogP contribution in [0.15, 0.2) is 24.3 Å². The summed E-state index contributed by atoms with van der Waals surface area (Å²) in [4.78, 5) is 14.3. The molecule has 106 valence electrons. The van der Waals surface area contributed by atoms with Gasteiger partial charge in [0.25, 0.3) is 5.91 Å². The van der Waals surface area contributed by atoms with E-state index in [0.717, 1.165) is 11.3 Å². The Bertz CT molecular complexity index is 645. The van der Waals surface area contributed by atoms with Crippen molar-refractivity contribution in [3.8, 4) is 0 Å². The van der Waals surface area contributed by atoms with Gasteiger partial charge >= 0.3 is 0 Å². The molecule has 1 aromatic carbocycles. The van der Waals surface area contributed by atoms with Crippen molar-refractivity contribution in [3.05, 3.63) is 41.2 Å². The highest BCUT2D eigenvalue weighted by atomic mass is 16.2. The number of aryl methyl sites for hydroxylation is 3. The first-order chi connectivity index (χ1) is 9.45. The number of hydrogen-bond donors (Lipinski definition) is 1. The van der Waals surface area contributed by atoms with Crippen molar-refractivity contribution in [2.45, 2.75) is 27.3 Å². The van der Waals surface area contributed by atoms with Crippen LogP contribution in [-0.2, 0) is 6.54 Å². The molecule has 0 bridgehead atoms. The minimum atomic E-state index is -0.143. The molecule has 0 spiro atoms. The first-order valence-electron chi connectivity index (χ1n) is 6.63. The summed E-state index contributed by atoms with van der Waals surface area (Å²) >= 11 is 0. The van der Waals surface area contributed by atoms with Gasteiger partial charge in [-0.3, -0.25) is 9.48 Å². The Kier molecular flexibility index (Phi) is 3.79. The molecule has 2 N–H and O–H groups in total. The maximum absolute atomic E-state index is 12.7. The summed E-state index contributed by atoms with van der Waals surface area (Å²) < 4.78 is 1.65. The molecule has 5 heteroatoms. The van der Waals surface area contributed by atoms with Gasteiger partial charge in [-0.2, -0.15) is 5.10 Å². The lowest BCUT2D eigenvalue weighted by Gasteiger charge is -2.18. The second-order valence-electron chi connectivity index (χ2n) is 4.87. The minimum Gasteiger partial charge on any atom is -0.395 e. The molecule has 1 amide bonds. The zero-order valence-corrected chi connectivity index (χ0v) is 12.3. The lowest BCUT2D eigenvalue weighted by atomic mass is 10.2. The fraction of sp³-hybridized carbons (Fsp3) is 0.333. The second kappa shape index (κ2) is 5.36. The SMILES string of the molecule is CCn1nc(C)c(N)c1C(=O)N(C)c1cccc(C)c1. The summed E-state index contributed by atoms with van der Waals surface area (Å²) in [5.41, 5.74) is 9.54. The summed E-state index contributed by atoms with van der Waals surface area (Å²) in [6, 6.07) is 7.80. The van der Waals surface area contributed by atoms with Crippen LogP contribution in [0.1, 0.15) is 28.7 Å². The fourth-order valence-electron chi connectivity index (χ4n) is 2.16. The molecule has 0 saturated carbocycles. The molecule has 2 aromatic rings. The summed E-state index contributed by atoms with van der Waals surface area (Å²) in [5.74, 6) is -0.143. The molecule has 1 aromatic heterocycles. The molecular formula is C15H20N4O. The smallest absolute Gasteiger partial charge is 0.278 e. The number of carbonyl (C=O) groups is 1. The van der Waals surface area contributed by atoms with Crippen molar-refractivity contribution in [1.29, 1.82) is 0 Å². The molecule has 0 fully saturated rings. The van der Waals surface area contributed by atoms with Gasteiger partial charge in [-0.15, -0.1) is 0 Å². The largest absolute Gasteiger partial charge is 0.395 e. The van der Waals surface area contributed by atoms with Crippen molar-refractivity contribution < 1.29 is 4.79 Å². The van der Waals surface area contributed by atoms with Crippen LogP contribution in [-0.4, -0.2) is 22.7 Å². The molecule has 0 aliphatic carbocycles. The van der Waals surface area contributed by atoms with Crippen molar-refractivity contribution in [2.24, 2.45) is 0 Å². The van der Waals surface area contributed by atoms with Gasteiger partial charge in [0.05, 0.1) is 11.4 Å². The Hall–Kier alpha value is -2.30. The number of nitrogens with two attached hydrogens (primary N) is 1. The van der Waals surface area contributed by atoms with E-state index in [1.165, 1.54) is 0 Å². The topological polar surface area (TPSA) is 64.2 Å². The third kappa shape index (κ3) is 2.39. The van der Waals surface area contributed by atoms with Crippen LogP contribution in [0.2, 0.25) is 0 Å². The summed E-state index contributed by atoms with van der Waals surface area (Å²) in [5, 5.41) is 4.29. The van der Waals surface area contributed by atoms with Crippen LogP contribution < -0.4 is 10.6 Å². The summed E-state index contributed by atoms with van der Waals surface area (Å²) in [6.07, 6.45) is 0. The van der Waals surface area contributed by atoms with Crippen LogP contribution in [0.25, 0.3) is 0 Å². The van der Waals surface area contributed by atoms with Crippen molar-refractivity contribution in [1.82, 2.24) is 9.78 Å². The van der Waals surface area contributed by atoms with Gasteiger partial charge in [0.1, 0.15) is 5.69 Å². The van der Waals surface area contributed by atoms with Gasteiger partial charge < -0.3 is 10.6 Å². The Balaban J connectivity index is 2.41. The molecule has 0 aliphatic rings. The Morgan fingerprint density at radius 3 is 2.70 bits per heavy atom. The first kappa shape index (κ1) is 14.1. The van der Waals surface area contributed by atoms with Crippen LogP contribution in [0, 0.1) is 13.8 Å². The van der Waals surface area contributed by atoms with Crippen molar-refractivity contribution in [3.63, 3.8) is 0 Å². The van der Waals surface area contributed by atoms with E-state index < -0.39 is 0 Å². The molecule has 0 atom stereocenters. The van der Waals surface area contributed by atoms with E-state index in [1.54, 1.807) is 16.6 Å². The highest BCUT2D eigenvalue weighted by molar-refractivity contribution is 6.08.